The van der Waals surface area contributed by atoms with Crippen molar-refractivity contribution >= 4 is 17.5 Å². The molecule has 6 heteroatoms. The van der Waals surface area contributed by atoms with Crippen LogP contribution < -0.4 is 10.6 Å². The monoisotopic (exact) mass is 276 g/mol. The third-order valence-electron chi connectivity index (χ3n) is 3.35. The molecule has 1 saturated heterocycles. The lowest BCUT2D eigenvalue weighted by atomic mass is 10.3. The van der Waals surface area contributed by atoms with Crippen molar-refractivity contribution in [2.75, 3.05) is 32.0 Å². The molecule has 2 heterocycles. The van der Waals surface area contributed by atoms with E-state index in [1.165, 1.54) is 0 Å². The summed E-state index contributed by atoms with van der Waals surface area (Å²) in [4.78, 5) is 29.2. The number of aromatic nitrogens is 1. The fourth-order valence-corrected chi connectivity index (χ4v) is 2.23. The predicted molar refractivity (Wildman–Crippen MR) is 76.5 cm³/mol. The fraction of sp³-hybridized carbons (Fsp3) is 0.500. The van der Waals surface area contributed by atoms with Crippen LogP contribution in [0.1, 0.15) is 29.8 Å². The Balaban J connectivity index is 1.81. The Hall–Kier alpha value is -2.11. The number of nitrogens with one attached hydrogen (secondary N) is 2. The van der Waals surface area contributed by atoms with Crippen LogP contribution in [0, 0.1) is 0 Å². The van der Waals surface area contributed by atoms with Crippen LogP contribution in [-0.2, 0) is 4.79 Å². The molecule has 0 atom stereocenters. The molecular weight excluding hydrogens is 256 g/mol. The first-order valence-electron chi connectivity index (χ1n) is 6.90. The zero-order chi connectivity index (χ0) is 14.4. The van der Waals surface area contributed by atoms with Crippen LogP contribution in [-0.4, -0.2) is 48.4 Å². The Kier molecular flexibility index (Phi) is 4.92. The van der Waals surface area contributed by atoms with Gasteiger partial charge in [-0.25, -0.2) is 0 Å². The zero-order valence-electron chi connectivity index (χ0n) is 11.7. The van der Waals surface area contributed by atoms with Crippen molar-refractivity contribution in [2.45, 2.75) is 19.3 Å². The second-order valence-electron chi connectivity index (χ2n) is 4.77. The number of amides is 2. The van der Waals surface area contributed by atoms with Gasteiger partial charge in [-0.1, -0.05) is 0 Å². The highest BCUT2D eigenvalue weighted by molar-refractivity contribution is 5.92. The smallest absolute Gasteiger partial charge is 0.269 e. The molecule has 0 bridgehead atoms. The topological polar surface area (TPSA) is 74.3 Å². The van der Waals surface area contributed by atoms with Crippen molar-refractivity contribution in [1.82, 2.24) is 15.2 Å². The number of carbonyl (C=O) groups is 2. The summed E-state index contributed by atoms with van der Waals surface area (Å²) >= 11 is 0. The maximum atomic E-state index is 11.9. The Morgan fingerprint density at radius 2 is 2.10 bits per heavy atom. The van der Waals surface area contributed by atoms with E-state index in [4.69, 9.17) is 0 Å². The first-order chi connectivity index (χ1) is 9.70. The van der Waals surface area contributed by atoms with Crippen molar-refractivity contribution in [3.8, 4) is 0 Å². The normalized spacial score (nSPS) is 14.2. The van der Waals surface area contributed by atoms with E-state index in [2.05, 4.69) is 15.6 Å². The van der Waals surface area contributed by atoms with E-state index < -0.39 is 0 Å². The summed E-state index contributed by atoms with van der Waals surface area (Å²) in [6.45, 7) is 2.33. The number of anilines is 1. The lowest BCUT2D eigenvalue weighted by Gasteiger charge is -2.15. The van der Waals surface area contributed by atoms with Crippen LogP contribution in [0.3, 0.4) is 0 Å². The minimum absolute atomic E-state index is 0.190. The molecule has 2 rings (SSSR count). The van der Waals surface area contributed by atoms with Crippen molar-refractivity contribution in [3.63, 3.8) is 0 Å². The second kappa shape index (κ2) is 6.88. The van der Waals surface area contributed by atoms with Crippen molar-refractivity contribution in [2.24, 2.45) is 0 Å². The van der Waals surface area contributed by atoms with Crippen LogP contribution in [0.15, 0.2) is 18.3 Å². The van der Waals surface area contributed by atoms with Gasteiger partial charge in [-0.05, 0) is 25.0 Å². The fourth-order valence-electron chi connectivity index (χ4n) is 2.23. The molecule has 2 amide bonds. The third kappa shape index (κ3) is 3.69. The van der Waals surface area contributed by atoms with Gasteiger partial charge in [0.05, 0.1) is 0 Å². The van der Waals surface area contributed by atoms with Crippen LogP contribution in [0.4, 0.5) is 5.69 Å². The molecule has 2 N–H and O–H groups in total. The van der Waals surface area contributed by atoms with Gasteiger partial charge < -0.3 is 15.5 Å². The van der Waals surface area contributed by atoms with Crippen molar-refractivity contribution < 1.29 is 9.59 Å². The van der Waals surface area contributed by atoms with E-state index in [1.807, 2.05) is 4.90 Å². The van der Waals surface area contributed by atoms with Gasteiger partial charge in [-0.2, -0.15) is 0 Å². The van der Waals surface area contributed by atoms with Gasteiger partial charge in [-0.15, -0.1) is 0 Å². The highest BCUT2D eigenvalue weighted by Crippen LogP contribution is 2.10. The first kappa shape index (κ1) is 14.3. The molecular formula is C14H20N4O2. The quantitative estimate of drug-likeness (QED) is 0.836. The highest BCUT2D eigenvalue weighted by atomic mass is 16.2. The summed E-state index contributed by atoms with van der Waals surface area (Å²) < 4.78 is 0. The van der Waals surface area contributed by atoms with Gasteiger partial charge in [0.15, 0.2) is 0 Å². The maximum absolute atomic E-state index is 11.9. The van der Waals surface area contributed by atoms with Gasteiger partial charge >= 0.3 is 0 Å². The third-order valence-corrected chi connectivity index (χ3v) is 3.35. The minimum Gasteiger partial charge on any atom is -0.384 e. The molecule has 0 aromatic carbocycles. The summed E-state index contributed by atoms with van der Waals surface area (Å²) in [6.07, 6.45) is 4.27. The van der Waals surface area contributed by atoms with Gasteiger partial charge in [0.25, 0.3) is 5.91 Å². The standard InChI is InChI=1S/C14H20N4O2/c1-15-14(20)12-10-11(4-6-17-12)16-7-5-13(19)18-8-2-3-9-18/h4,6,10H,2-3,5,7-9H2,1H3,(H,15,20)(H,16,17). The molecule has 0 radical (unpaired) electrons. The number of hydrogen-bond donors (Lipinski definition) is 2. The summed E-state index contributed by atoms with van der Waals surface area (Å²) in [5, 5.41) is 5.68. The summed E-state index contributed by atoms with van der Waals surface area (Å²) in [6, 6.07) is 3.46. The Morgan fingerprint density at radius 1 is 1.35 bits per heavy atom. The predicted octanol–water partition coefficient (Wildman–Crippen LogP) is 0.866. The molecule has 0 saturated carbocycles. The largest absolute Gasteiger partial charge is 0.384 e. The number of nitrogens with zero attached hydrogens (tertiary/aromatic N) is 2. The number of rotatable bonds is 5. The number of likely N-dealkylation sites (tertiary alicyclic amines) is 1. The van der Waals surface area contributed by atoms with E-state index in [0.717, 1.165) is 31.6 Å². The highest BCUT2D eigenvalue weighted by Gasteiger charge is 2.17. The molecule has 1 aromatic heterocycles. The van der Waals surface area contributed by atoms with Gasteiger partial charge in [-0.3, -0.25) is 14.6 Å². The molecule has 20 heavy (non-hydrogen) atoms. The lowest BCUT2D eigenvalue weighted by Crippen LogP contribution is -2.29. The average Bonchev–Trinajstić information content (AvgIpc) is 3.01. The molecule has 1 aromatic rings. The molecule has 108 valence electrons. The summed E-state index contributed by atoms with van der Waals surface area (Å²) in [5.41, 5.74) is 1.16. The van der Waals surface area contributed by atoms with Gasteiger partial charge in [0.2, 0.25) is 5.91 Å². The molecule has 0 aliphatic carbocycles. The lowest BCUT2D eigenvalue weighted by molar-refractivity contribution is -0.129. The Morgan fingerprint density at radius 3 is 2.80 bits per heavy atom. The van der Waals surface area contributed by atoms with E-state index in [-0.39, 0.29) is 11.8 Å². The van der Waals surface area contributed by atoms with Gasteiger partial charge in [0.1, 0.15) is 5.69 Å². The molecule has 0 unspecified atom stereocenters. The average molecular weight is 276 g/mol. The number of hydrogen-bond acceptors (Lipinski definition) is 4. The first-order valence-corrected chi connectivity index (χ1v) is 6.90. The minimum atomic E-state index is -0.221. The Bertz CT molecular complexity index is 484. The summed E-state index contributed by atoms with van der Waals surface area (Å²) in [7, 11) is 1.57. The molecule has 1 aliphatic rings. The van der Waals surface area contributed by atoms with Crippen molar-refractivity contribution in [1.29, 1.82) is 0 Å². The SMILES string of the molecule is CNC(=O)c1cc(NCCC(=O)N2CCCC2)ccn1. The van der Waals surface area contributed by atoms with Crippen LogP contribution in [0.2, 0.25) is 0 Å². The van der Waals surface area contributed by atoms with E-state index in [9.17, 15) is 9.59 Å². The molecule has 1 aliphatic heterocycles. The number of carbonyl (C=O) groups excluding carboxylic acids is 2. The molecule has 0 spiro atoms. The van der Waals surface area contributed by atoms with E-state index in [0.29, 0.717) is 18.7 Å². The van der Waals surface area contributed by atoms with Crippen LogP contribution >= 0.6 is 0 Å². The van der Waals surface area contributed by atoms with Gasteiger partial charge in [0, 0.05) is 45.0 Å². The second-order valence-corrected chi connectivity index (χ2v) is 4.77. The molecule has 6 nitrogen and oxygen atoms in total. The number of pyridine rings is 1. The maximum Gasteiger partial charge on any atom is 0.269 e. The van der Waals surface area contributed by atoms with Crippen LogP contribution in [0.25, 0.3) is 0 Å². The van der Waals surface area contributed by atoms with Crippen molar-refractivity contribution in [3.05, 3.63) is 24.0 Å². The zero-order valence-corrected chi connectivity index (χ0v) is 11.7. The van der Waals surface area contributed by atoms with E-state index in [1.54, 1.807) is 25.4 Å². The summed E-state index contributed by atoms with van der Waals surface area (Å²) in [5.74, 6) is -0.0302. The van der Waals surface area contributed by atoms with E-state index >= 15 is 0 Å². The Labute approximate surface area is 118 Å². The van der Waals surface area contributed by atoms with Crippen LogP contribution in [0.5, 0.6) is 0 Å². The molecule has 1 fully saturated rings.